The van der Waals surface area contributed by atoms with E-state index in [4.69, 9.17) is 11.6 Å². The highest BCUT2D eigenvalue weighted by molar-refractivity contribution is 7.89. The number of alkyl halides is 3. The Balaban J connectivity index is 1.71. The third kappa shape index (κ3) is 4.76. The molecule has 0 unspecified atom stereocenters. The fourth-order valence-corrected chi connectivity index (χ4v) is 5.03. The van der Waals surface area contributed by atoms with Gasteiger partial charge in [-0.15, -0.1) is 0 Å². The van der Waals surface area contributed by atoms with Crippen molar-refractivity contribution in [2.45, 2.75) is 17.5 Å². The quantitative estimate of drug-likeness (QED) is 0.650. The molecule has 0 N–H and O–H groups in total. The van der Waals surface area contributed by atoms with Gasteiger partial charge in [0, 0.05) is 26.2 Å². The molecule has 0 atom stereocenters. The predicted octanol–water partition coefficient (Wildman–Crippen LogP) is 3.57. The Hall–Kier alpha value is -2.17. The number of hydrogen-bond donors (Lipinski definition) is 0. The third-order valence-corrected chi connectivity index (χ3v) is 7.15. The van der Waals surface area contributed by atoms with Crippen LogP contribution in [0.15, 0.2) is 47.4 Å². The van der Waals surface area contributed by atoms with Crippen LogP contribution in [-0.2, 0) is 27.4 Å². The number of carbonyl (C=O) groups excluding carboxylic acids is 1. The van der Waals surface area contributed by atoms with Crippen LogP contribution in [0, 0.1) is 5.82 Å². The minimum Gasteiger partial charge on any atom is -0.340 e. The van der Waals surface area contributed by atoms with Crippen LogP contribution in [0.1, 0.15) is 11.1 Å². The number of halogens is 5. The first-order chi connectivity index (χ1) is 14.0. The zero-order valence-corrected chi connectivity index (χ0v) is 17.1. The van der Waals surface area contributed by atoms with Gasteiger partial charge in [0.25, 0.3) is 0 Å². The maximum absolute atomic E-state index is 13.7. The first kappa shape index (κ1) is 22.5. The van der Waals surface area contributed by atoms with Gasteiger partial charge in [0.1, 0.15) is 10.7 Å². The molecule has 11 heteroatoms. The molecule has 1 aliphatic rings. The fourth-order valence-electron chi connectivity index (χ4n) is 3.11. The molecule has 0 aromatic heterocycles. The Morgan fingerprint density at radius 1 is 1.03 bits per heavy atom. The van der Waals surface area contributed by atoms with Gasteiger partial charge in [-0.1, -0.05) is 29.8 Å². The summed E-state index contributed by atoms with van der Waals surface area (Å²) in [7, 11) is -4.29. The van der Waals surface area contributed by atoms with Crippen molar-refractivity contribution in [3.8, 4) is 0 Å². The van der Waals surface area contributed by atoms with E-state index in [0.29, 0.717) is 12.1 Å². The summed E-state index contributed by atoms with van der Waals surface area (Å²) in [6.45, 7) is -0.165. The van der Waals surface area contributed by atoms with E-state index < -0.39 is 32.5 Å². The normalized spacial score (nSPS) is 16.0. The van der Waals surface area contributed by atoms with Crippen LogP contribution in [0.4, 0.5) is 17.6 Å². The number of sulfonamides is 1. The molecule has 162 valence electrons. The molecule has 30 heavy (non-hydrogen) atoms. The largest absolute Gasteiger partial charge is 0.416 e. The minimum atomic E-state index is -4.72. The second-order valence-electron chi connectivity index (χ2n) is 6.70. The lowest BCUT2D eigenvalue weighted by molar-refractivity contribution is -0.137. The van der Waals surface area contributed by atoms with Crippen molar-refractivity contribution in [1.29, 1.82) is 0 Å². The summed E-state index contributed by atoms with van der Waals surface area (Å²) in [5, 5.41) is -0.318. The molecule has 1 fully saturated rings. The van der Waals surface area contributed by atoms with Crippen molar-refractivity contribution in [3.05, 3.63) is 64.4 Å². The van der Waals surface area contributed by atoms with Crippen LogP contribution in [0.3, 0.4) is 0 Å². The van der Waals surface area contributed by atoms with Crippen molar-refractivity contribution in [2.75, 3.05) is 26.2 Å². The molecule has 0 spiro atoms. The molecule has 1 heterocycles. The summed E-state index contributed by atoms with van der Waals surface area (Å²) in [6, 6.07) is 7.95. The first-order valence-corrected chi connectivity index (χ1v) is 10.7. The lowest BCUT2D eigenvalue weighted by atomic mass is 10.1. The Bertz CT molecular complexity index is 1050. The first-order valence-electron chi connectivity index (χ1n) is 8.88. The van der Waals surface area contributed by atoms with Crippen molar-refractivity contribution >= 4 is 27.5 Å². The summed E-state index contributed by atoms with van der Waals surface area (Å²) in [6.07, 6.45) is -4.88. The van der Waals surface area contributed by atoms with Gasteiger partial charge in [-0.2, -0.15) is 17.5 Å². The van der Waals surface area contributed by atoms with Gasteiger partial charge >= 0.3 is 6.18 Å². The van der Waals surface area contributed by atoms with Gasteiger partial charge in [-0.05, 0) is 29.8 Å². The zero-order chi connectivity index (χ0) is 22.1. The van der Waals surface area contributed by atoms with Crippen LogP contribution in [0.5, 0.6) is 0 Å². The van der Waals surface area contributed by atoms with Crippen molar-refractivity contribution in [1.82, 2.24) is 9.21 Å². The van der Waals surface area contributed by atoms with E-state index in [1.165, 1.54) is 23.1 Å². The van der Waals surface area contributed by atoms with E-state index in [2.05, 4.69) is 0 Å². The van der Waals surface area contributed by atoms with Crippen LogP contribution in [0.25, 0.3) is 0 Å². The number of amides is 1. The molecule has 5 nitrogen and oxygen atoms in total. The number of piperazine rings is 1. The molecule has 2 aromatic rings. The Kier molecular flexibility index (Phi) is 6.40. The monoisotopic (exact) mass is 464 g/mol. The molecular formula is C19H17ClF4N2O3S. The molecule has 1 amide bonds. The number of nitrogens with zero attached hydrogens (tertiary/aromatic N) is 2. The van der Waals surface area contributed by atoms with E-state index in [9.17, 15) is 30.8 Å². The molecule has 0 aliphatic carbocycles. The zero-order valence-electron chi connectivity index (χ0n) is 15.5. The second kappa shape index (κ2) is 8.52. The molecule has 1 aliphatic heterocycles. The van der Waals surface area contributed by atoms with Gasteiger partial charge in [-0.3, -0.25) is 4.79 Å². The van der Waals surface area contributed by atoms with Gasteiger partial charge in [0.15, 0.2) is 0 Å². The van der Waals surface area contributed by atoms with E-state index in [1.54, 1.807) is 6.07 Å². The van der Waals surface area contributed by atoms with Crippen LogP contribution >= 0.6 is 11.6 Å². The molecule has 0 bridgehead atoms. The van der Waals surface area contributed by atoms with Gasteiger partial charge in [0.2, 0.25) is 15.9 Å². The maximum atomic E-state index is 13.7. The van der Waals surface area contributed by atoms with Crippen molar-refractivity contribution in [3.63, 3.8) is 0 Å². The predicted molar refractivity (Wildman–Crippen MR) is 102 cm³/mol. The highest BCUT2D eigenvalue weighted by Crippen LogP contribution is 2.34. The van der Waals surface area contributed by atoms with Crippen molar-refractivity contribution in [2.24, 2.45) is 0 Å². The molecule has 1 saturated heterocycles. The molecular weight excluding hydrogens is 448 g/mol. The third-order valence-electron chi connectivity index (χ3n) is 4.77. The molecule has 0 radical (unpaired) electrons. The topological polar surface area (TPSA) is 57.7 Å². The van der Waals surface area contributed by atoms with Crippen LogP contribution in [0.2, 0.25) is 5.02 Å². The lowest BCUT2D eigenvalue weighted by Crippen LogP contribution is -2.51. The summed E-state index contributed by atoms with van der Waals surface area (Å²) in [5.74, 6) is -0.875. The van der Waals surface area contributed by atoms with E-state index in [1.807, 2.05) is 0 Å². The van der Waals surface area contributed by atoms with Crippen LogP contribution < -0.4 is 0 Å². The summed E-state index contributed by atoms with van der Waals surface area (Å²) < 4.78 is 79.2. The van der Waals surface area contributed by atoms with Crippen LogP contribution in [-0.4, -0.2) is 49.7 Å². The number of carbonyl (C=O) groups is 1. The minimum absolute atomic E-state index is 0.0308. The van der Waals surface area contributed by atoms with E-state index in [0.717, 1.165) is 10.4 Å². The average molecular weight is 465 g/mol. The smallest absolute Gasteiger partial charge is 0.340 e. The van der Waals surface area contributed by atoms with E-state index >= 15 is 0 Å². The Morgan fingerprint density at radius 3 is 2.27 bits per heavy atom. The summed E-state index contributed by atoms with van der Waals surface area (Å²) in [5.41, 5.74) is -0.891. The highest BCUT2D eigenvalue weighted by atomic mass is 35.5. The van der Waals surface area contributed by atoms with Gasteiger partial charge < -0.3 is 4.90 Å². The molecule has 2 aromatic carbocycles. The SMILES string of the molecule is O=C(Cc1ccccc1F)N1CCN(S(=O)(=O)c2cc(C(F)(F)F)ccc2Cl)CC1. The summed E-state index contributed by atoms with van der Waals surface area (Å²) >= 11 is 5.86. The number of rotatable bonds is 4. The highest BCUT2D eigenvalue weighted by Gasteiger charge is 2.35. The van der Waals surface area contributed by atoms with E-state index in [-0.39, 0.29) is 49.1 Å². The fraction of sp³-hybridized carbons (Fsp3) is 0.316. The average Bonchev–Trinajstić information content (AvgIpc) is 2.69. The number of hydrogen-bond acceptors (Lipinski definition) is 3. The molecule has 0 saturated carbocycles. The lowest BCUT2D eigenvalue weighted by Gasteiger charge is -2.34. The number of benzene rings is 2. The van der Waals surface area contributed by atoms with Gasteiger partial charge in [0.05, 0.1) is 17.0 Å². The Labute approximate surface area is 175 Å². The van der Waals surface area contributed by atoms with Crippen molar-refractivity contribution < 1.29 is 30.8 Å². The Morgan fingerprint density at radius 2 is 1.67 bits per heavy atom. The standard InChI is InChI=1S/C19H17ClF4N2O3S/c20-15-6-5-14(19(22,23)24)12-17(15)30(28,29)26-9-7-25(8-10-26)18(27)11-13-3-1-2-4-16(13)21/h1-6,12H,7-11H2. The second-order valence-corrected chi connectivity index (χ2v) is 9.01. The summed E-state index contributed by atoms with van der Waals surface area (Å²) in [4.78, 5) is 13.2. The van der Waals surface area contributed by atoms with Gasteiger partial charge in [-0.25, -0.2) is 12.8 Å². The molecule has 3 rings (SSSR count). The maximum Gasteiger partial charge on any atom is 0.416 e.